The third-order valence-electron chi connectivity index (χ3n) is 3.26. The predicted molar refractivity (Wildman–Crippen MR) is 86.0 cm³/mol. The van der Waals surface area contributed by atoms with Gasteiger partial charge >= 0.3 is 0 Å². The van der Waals surface area contributed by atoms with E-state index in [2.05, 4.69) is 10.6 Å². The number of hydrogen-bond acceptors (Lipinski definition) is 3. The molecule has 1 aromatic heterocycles. The zero-order chi connectivity index (χ0) is 15.9. The van der Waals surface area contributed by atoms with E-state index in [9.17, 15) is 9.59 Å². The quantitative estimate of drug-likeness (QED) is 0.848. The first-order valence-corrected chi connectivity index (χ1v) is 7.35. The zero-order valence-corrected chi connectivity index (χ0v) is 12.8. The molecule has 0 aliphatic rings. The van der Waals surface area contributed by atoms with Gasteiger partial charge in [0.25, 0.3) is 5.91 Å². The third-order valence-corrected chi connectivity index (χ3v) is 3.26. The molecule has 0 atom stereocenters. The molecule has 0 saturated carbocycles. The topological polar surface area (TPSA) is 71.3 Å². The number of carbonyl (C=O) groups is 2. The lowest BCUT2D eigenvalue weighted by Gasteiger charge is -2.10. The van der Waals surface area contributed by atoms with Crippen LogP contribution in [-0.4, -0.2) is 11.8 Å². The molecule has 0 unspecified atom stereocenters. The van der Waals surface area contributed by atoms with Crippen LogP contribution < -0.4 is 10.6 Å². The van der Waals surface area contributed by atoms with E-state index in [1.807, 2.05) is 19.9 Å². The van der Waals surface area contributed by atoms with Gasteiger partial charge in [-0.15, -0.1) is 0 Å². The number of nitrogens with one attached hydrogen (secondary N) is 2. The van der Waals surface area contributed by atoms with Crippen LogP contribution in [0.1, 0.15) is 42.3 Å². The van der Waals surface area contributed by atoms with Crippen molar-refractivity contribution in [3.63, 3.8) is 0 Å². The predicted octanol–water partition coefficient (Wildman–Crippen LogP) is 3.97. The van der Waals surface area contributed by atoms with E-state index >= 15 is 0 Å². The molecule has 0 spiro atoms. The Morgan fingerprint density at radius 1 is 1.18 bits per heavy atom. The molecule has 0 aliphatic heterocycles. The van der Waals surface area contributed by atoms with Gasteiger partial charge in [0, 0.05) is 17.8 Å². The Balaban J connectivity index is 2.00. The largest absolute Gasteiger partial charge is 0.459 e. The Bertz CT molecular complexity index is 648. The highest BCUT2D eigenvalue weighted by Gasteiger charge is 2.10. The summed E-state index contributed by atoms with van der Waals surface area (Å²) in [6.45, 7) is 3.92. The summed E-state index contributed by atoms with van der Waals surface area (Å²) in [5, 5.41) is 5.64. The minimum atomic E-state index is -0.298. The number of unbranched alkanes of at least 4 members (excludes halogenated alkanes) is 1. The van der Waals surface area contributed by atoms with Crippen LogP contribution in [0.15, 0.2) is 41.0 Å². The molecule has 5 nitrogen and oxygen atoms in total. The van der Waals surface area contributed by atoms with E-state index in [1.165, 1.54) is 6.26 Å². The average molecular weight is 300 g/mol. The Kier molecular flexibility index (Phi) is 5.36. The van der Waals surface area contributed by atoms with Gasteiger partial charge in [0.2, 0.25) is 5.91 Å². The number of benzene rings is 1. The van der Waals surface area contributed by atoms with Crippen LogP contribution in [0.25, 0.3) is 0 Å². The highest BCUT2D eigenvalue weighted by atomic mass is 16.3. The van der Waals surface area contributed by atoms with E-state index in [0.29, 0.717) is 12.1 Å². The Morgan fingerprint density at radius 3 is 2.64 bits per heavy atom. The van der Waals surface area contributed by atoms with Crippen LogP contribution in [0.5, 0.6) is 0 Å². The lowest BCUT2D eigenvalue weighted by Crippen LogP contribution is -2.13. The molecule has 5 heteroatoms. The van der Waals surface area contributed by atoms with E-state index in [0.717, 1.165) is 24.1 Å². The van der Waals surface area contributed by atoms with Crippen LogP contribution in [0.4, 0.5) is 11.4 Å². The number of rotatable bonds is 6. The summed E-state index contributed by atoms with van der Waals surface area (Å²) in [5.41, 5.74) is 2.29. The summed E-state index contributed by atoms with van der Waals surface area (Å²) in [6.07, 6.45) is 3.84. The fraction of sp³-hybridized carbons (Fsp3) is 0.294. The highest BCUT2D eigenvalue weighted by Crippen LogP contribution is 2.21. The van der Waals surface area contributed by atoms with Gasteiger partial charge in [-0.2, -0.15) is 0 Å². The van der Waals surface area contributed by atoms with Crippen molar-refractivity contribution in [2.45, 2.75) is 33.1 Å². The molecule has 2 amide bonds. The Labute approximate surface area is 129 Å². The summed E-state index contributed by atoms with van der Waals surface area (Å²) < 4.78 is 5.05. The van der Waals surface area contributed by atoms with Crippen LogP contribution in [0.3, 0.4) is 0 Å². The first kappa shape index (κ1) is 15.8. The maximum atomic E-state index is 11.9. The molecular weight excluding hydrogens is 280 g/mol. The average Bonchev–Trinajstić information content (AvgIpc) is 3.02. The Hall–Kier alpha value is -2.56. The van der Waals surface area contributed by atoms with Crippen LogP contribution in [-0.2, 0) is 4.79 Å². The first-order chi connectivity index (χ1) is 10.6. The minimum Gasteiger partial charge on any atom is -0.459 e. The maximum Gasteiger partial charge on any atom is 0.291 e. The second-order valence-electron chi connectivity index (χ2n) is 5.11. The molecule has 116 valence electrons. The maximum absolute atomic E-state index is 11.9. The third kappa shape index (κ3) is 4.22. The molecule has 2 aromatic rings. The molecule has 0 aliphatic carbocycles. The number of amides is 2. The molecule has 22 heavy (non-hydrogen) atoms. The standard InChI is InChI=1S/C17H20N2O3/c1-3-4-7-16(20)18-13-8-9-14(12(2)11-13)19-17(21)15-6-5-10-22-15/h5-6,8-11H,3-4,7H2,1-2H3,(H,18,20)(H,19,21). The van der Waals surface area contributed by atoms with E-state index < -0.39 is 0 Å². The molecule has 2 N–H and O–H groups in total. The van der Waals surface area contributed by atoms with Crippen LogP contribution >= 0.6 is 0 Å². The smallest absolute Gasteiger partial charge is 0.291 e. The number of hydrogen-bond donors (Lipinski definition) is 2. The van der Waals surface area contributed by atoms with Gasteiger partial charge in [-0.1, -0.05) is 13.3 Å². The molecule has 0 radical (unpaired) electrons. The zero-order valence-electron chi connectivity index (χ0n) is 12.8. The molecule has 0 bridgehead atoms. The summed E-state index contributed by atoms with van der Waals surface area (Å²) >= 11 is 0. The second kappa shape index (κ2) is 7.45. The fourth-order valence-electron chi connectivity index (χ4n) is 2.03. The van der Waals surface area contributed by atoms with Gasteiger partial charge in [-0.05, 0) is 49.2 Å². The summed E-state index contributed by atoms with van der Waals surface area (Å²) in [6, 6.07) is 8.64. The fourth-order valence-corrected chi connectivity index (χ4v) is 2.03. The molecule has 0 fully saturated rings. The van der Waals surface area contributed by atoms with Crippen molar-refractivity contribution < 1.29 is 14.0 Å². The number of carbonyl (C=O) groups excluding carboxylic acids is 2. The van der Waals surface area contributed by atoms with Gasteiger partial charge in [0.05, 0.1) is 6.26 Å². The molecular formula is C17H20N2O3. The second-order valence-corrected chi connectivity index (χ2v) is 5.11. The molecule has 2 rings (SSSR count). The van der Waals surface area contributed by atoms with Gasteiger partial charge in [-0.25, -0.2) is 0 Å². The van der Waals surface area contributed by atoms with Crippen molar-refractivity contribution in [2.24, 2.45) is 0 Å². The van der Waals surface area contributed by atoms with Crippen molar-refractivity contribution in [2.75, 3.05) is 10.6 Å². The van der Waals surface area contributed by atoms with Gasteiger partial charge in [0.1, 0.15) is 0 Å². The van der Waals surface area contributed by atoms with Crippen molar-refractivity contribution >= 4 is 23.2 Å². The van der Waals surface area contributed by atoms with Crippen LogP contribution in [0.2, 0.25) is 0 Å². The first-order valence-electron chi connectivity index (χ1n) is 7.35. The van der Waals surface area contributed by atoms with Crippen molar-refractivity contribution in [1.82, 2.24) is 0 Å². The van der Waals surface area contributed by atoms with Crippen molar-refractivity contribution in [3.05, 3.63) is 47.9 Å². The van der Waals surface area contributed by atoms with Gasteiger partial charge in [0.15, 0.2) is 5.76 Å². The van der Waals surface area contributed by atoms with Crippen molar-refractivity contribution in [1.29, 1.82) is 0 Å². The summed E-state index contributed by atoms with van der Waals surface area (Å²) in [5.74, 6) is -0.0298. The Morgan fingerprint density at radius 2 is 2.00 bits per heavy atom. The van der Waals surface area contributed by atoms with E-state index in [1.54, 1.807) is 24.3 Å². The minimum absolute atomic E-state index is 0.00798. The number of anilines is 2. The molecule has 1 aromatic carbocycles. The molecule has 1 heterocycles. The lowest BCUT2D eigenvalue weighted by molar-refractivity contribution is -0.116. The van der Waals surface area contributed by atoms with Crippen LogP contribution in [0, 0.1) is 6.92 Å². The van der Waals surface area contributed by atoms with E-state index in [4.69, 9.17) is 4.42 Å². The normalized spacial score (nSPS) is 10.3. The van der Waals surface area contributed by atoms with E-state index in [-0.39, 0.29) is 17.6 Å². The lowest BCUT2D eigenvalue weighted by atomic mass is 10.1. The number of furan rings is 1. The van der Waals surface area contributed by atoms with Crippen molar-refractivity contribution in [3.8, 4) is 0 Å². The SMILES string of the molecule is CCCCC(=O)Nc1ccc(NC(=O)c2ccco2)c(C)c1. The van der Waals surface area contributed by atoms with Gasteiger partial charge in [-0.3, -0.25) is 9.59 Å². The highest BCUT2D eigenvalue weighted by molar-refractivity contribution is 6.02. The number of aryl methyl sites for hydroxylation is 1. The van der Waals surface area contributed by atoms with Gasteiger partial charge < -0.3 is 15.1 Å². The molecule has 0 saturated heterocycles. The monoisotopic (exact) mass is 300 g/mol. The summed E-state index contributed by atoms with van der Waals surface area (Å²) in [7, 11) is 0. The summed E-state index contributed by atoms with van der Waals surface area (Å²) in [4.78, 5) is 23.6.